The molecule has 24 heavy (non-hydrogen) atoms. The normalized spacial score (nSPS) is 10.0. The topological polar surface area (TPSA) is 38.3 Å². The molecular weight excluding hydrogens is 318 g/mol. The van der Waals surface area contributed by atoms with Crippen LogP contribution in [0.3, 0.4) is 0 Å². The van der Waals surface area contributed by atoms with Crippen molar-refractivity contribution in [2.24, 2.45) is 0 Å². The van der Waals surface area contributed by atoms with Gasteiger partial charge < -0.3 is 10.1 Å². The molecular formula is C20H19NO2S. The Morgan fingerprint density at radius 3 is 2.92 bits per heavy atom. The molecule has 0 saturated carbocycles. The van der Waals surface area contributed by atoms with Gasteiger partial charge in [-0.05, 0) is 35.6 Å². The summed E-state index contributed by atoms with van der Waals surface area (Å²) in [4.78, 5) is 12.7. The molecule has 3 nitrogen and oxygen atoms in total. The van der Waals surface area contributed by atoms with Crippen LogP contribution in [0.25, 0.3) is 6.08 Å². The van der Waals surface area contributed by atoms with Gasteiger partial charge >= 0.3 is 0 Å². The smallest absolute Gasteiger partial charge is 0.244 e. The molecule has 0 bridgehead atoms. The molecule has 122 valence electrons. The van der Waals surface area contributed by atoms with E-state index in [0.29, 0.717) is 6.54 Å². The second-order valence-electron chi connectivity index (χ2n) is 4.81. The van der Waals surface area contributed by atoms with E-state index >= 15 is 0 Å². The number of allylic oxidation sites excluding steroid dienone is 1. The van der Waals surface area contributed by atoms with E-state index in [1.165, 1.54) is 6.08 Å². The van der Waals surface area contributed by atoms with Crippen LogP contribution in [0.15, 0.2) is 60.5 Å². The standard InChI is InChI=1S/C20H19NO2S/c1-2-8-17-9-3-4-11-19(17)23-15-6-5-14-21-20(22)13-12-18-10-7-16-24-18/h2-4,7,9-13,16H,1,8,14-15H2,(H,21,22)/b13-12+. The van der Waals surface area contributed by atoms with E-state index in [1.54, 1.807) is 17.4 Å². The summed E-state index contributed by atoms with van der Waals surface area (Å²) in [7, 11) is 0. The van der Waals surface area contributed by atoms with Gasteiger partial charge in [-0.2, -0.15) is 0 Å². The number of ether oxygens (including phenoxy) is 1. The first-order chi connectivity index (χ1) is 11.8. The first kappa shape index (κ1) is 17.6. The summed E-state index contributed by atoms with van der Waals surface area (Å²) >= 11 is 1.58. The highest BCUT2D eigenvalue weighted by atomic mass is 32.1. The molecule has 1 aromatic carbocycles. The number of benzene rings is 1. The predicted octanol–water partition coefficient (Wildman–Crippen LogP) is 3.69. The van der Waals surface area contributed by atoms with Crippen LogP contribution in [-0.2, 0) is 11.2 Å². The molecule has 1 amide bonds. The SMILES string of the molecule is C=CCc1ccccc1OCC#CCNC(=O)/C=C/c1cccs1. The van der Waals surface area contributed by atoms with E-state index in [-0.39, 0.29) is 12.5 Å². The van der Waals surface area contributed by atoms with Crippen LogP contribution < -0.4 is 10.1 Å². The van der Waals surface area contributed by atoms with Crippen molar-refractivity contribution in [3.05, 3.63) is 70.9 Å². The summed E-state index contributed by atoms with van der Waals surface area (Å²) in [6.45, 7) is 4.32. The van der Waals surface area contributed by atoms with Crippen molar-refractivity contribution in [2.45, 2.75) is 6.42 Å². The fourth-order valence-corrected chi connectivity index (χ4v) is 2.55. The van der Waals surface area contributed by atoms with Crippen molar-refractivity contribution >= 4 is 23.3 Å². The molecule has 0 aliphatic carbocycles. The Balaban J connectivity index is 1.71. The summed E-state index contributed by atoms with van der Waals surface area (Å²) in [5.74, 6) is 6.42. The first-order valence-corrected chi connectivity index (χ1v) is 8.44. The zero-order chi connectivity index (χ0) is 17.0. The van der Waals surface area contributed by atoms with Crippen molar-refractivity contribution in [3.63, 3.8) is 0 Å². The van der Waals surface area contributed by atoms with E-state index in [1.807, 2.05) is 47.9 Å². The highest BCUT2D eigenvalue weighted by molar-refractivity contribution is 7.10. The molecule has 2 rings (SSSR count). The lowest BCUT2D eigenvalue weighted by atomic mass is 10.1. The van der Waals surface area contributed by atoms with E-state index in [0.717, 1.165) is 22.6 Å². The predicted molar refractivity (Wildman–Crippen MR) is 100.0 cm³/mol. The Labute approximate surface area is 146 Å². The molecule has 0 atom stereocenters. The Bertz CT molecular complexity index is 751. The molecule has 0 aliphatic rings. The quantitative estimate of drug-likeness (QED) is 0.475. The van der Waals surface area contributed by atoms with Gasteiger partial charge in [0.2, 0.25) is 5.91 Å². The fraction of sp³-hybridized carbons (Fsp3) is 0.150. The number of carbonyl (C=O) groups is 1. The monoisotopic (exact) mass is 337 g/mol. The van der Waals surface area contributed by atoms with E-state index in [9.17, 15) is 4.79 Å². The van der Waals surface area contributed by atoms with Gasteiger partial charge in [-0.1, -0.05) is 42.2 Å². The number of rotatable bonds is 7. The first-order valence-electron chi connectivity index (χ1n) is 7.56. The lowest BCUT2D eigenvalue weighted by Gasteiger charge is -2.07. The maximum atomic E-state index is 11.6. The van der Waals surface area contributed by atoms with Crippen LogP contribution in [0.1, 0.15) is 10.4 Å². The number of hydrogen-bond acceptors (Lipinski definition) is 3. The molecule has 0 saturated heterocycles. The summed E-state index contributed by atoms with van der Waals surface area (Å²) < 4.78 is 5.65. The van der Waals surface area contributed by atoms with Gasteiger partial charge in [0.25, 0.3) is 0 Å². The zero-order valence-electron chi connectivity index (χ0n) is 13.3. The minimum atomic E-state index is -0.157. The molecule has 1 N–H and O–H groups in total. The van der Waals surface area contributed by atoms with Crippen LogP contribution in [0.2, 0.25) is 0 Å². The summed E-state index contributed by atoms with van der Waals surface area (Å²) in [5.41, 5.74) is 1.08. The average Bonchev–Trinajstić information content (AvgIpc) is 3.11. The summed E-state index contributed by atoms with van der Waals surface area (Å²) in [6.07, 6.45) is 5.89. The number of hydrogen-bond donors (Lipinski definition) is 1. The lowest BCUT2D eigenvalue weighted by Crippen LogP contribution is -2.21. The molecule has 0 fully saturated rings. The van der Waals surface area contributed by atoms with Crippen LogP contribution in [0.5, 0.6) is 5.75 Å². The van der Waals surface area contributed by atoms with Gasteiger partial charge in [0.1, 0.15) is 12.4 Å². The van der Waals surface area contributed by atoms with Gasteiger partial charge in [0.05, 0.1) is 6.54 Å². The highest BCUT2D eigenvalue weighted by Gasteiger charge is 1.99. The minimum Gasteiger partial charge on any atom is -0.481 e. The summed E-state index contributed by atoms with van der Waals surface area (Å²) in [6, 6.07) is 11.7. The van der Waals surface area contributed by atoms with Gasteiger partial charge in [-0.3, -0.25) is 4.79 Å². The van der Waals surface area contributed by atoms with Crippen molar-refractivity contribution in [3.8, 4) is 17.6 Å². The van der Waals surface area contributed by atoms with Gasteiger partial charge in [0.15, 0.2) is 0 Å². The highest BCUT2D eigenvalue weighted by Crippen LogP contribution is 2.18. The van der Waals surface area contributed by atoms with Crippen LogP contribution in [0, 0.1) is 11.8 Å². The molecule has 0 spiro atoms. The average molecular weight is 337 g/mol. The van der Waals surface area contributed by atoms with Gasteiger partial charge in [0, 0.05) is 11.0 Å². The van der Waals surface area contributed by atoms with Crippen molar-refractivity contribution < 1.29 is 9.53 Å². The largest absolute Gasteiger partial charge is 0.481 e. The maximum absolute atomic E-state index is 11.6. The van der Waals surface area contributed by atoms with Gasteiger partial charge in [-0.25, -0.2) is 0 Å². The maximum Gasteiger partial charge on any atom is 0.244 e. The third-order valence-electron chi connectivity index (χ3n) is 3.05. The molecule has 4 heteroatoms. The van der Waals surface area contributed by atoms with Crippen molar-refractivity contribution in [1.82, 2.24) is 5.32 Å². The Morgan fingerprint density at radius 2 is 2.12 bits per heavy atom. The second-order valence-corrected chi connectivity index (χ2v) is 5.79. The van der Waals surface area contributed by atoms with Crippen molar-refractivity contribution in [1.29, 1.82) is 0 Å². The van der Waals surface area contributed by atoms with E-state index < -0.39 is 0 Å². The van der Waals surface area contributed by atoms with E-state index in [4.69, 9.17) is 4.74 Å². The number of carbonyl (C=O) groups excluding carboxylic acids is 1. The second kappa shape index (κ2) is 10.1. The zero-order valence-corrected chi connectivity index (χ0v) is 14.1. The Kier molecular flexibility index (Phi) is 7.39. The Hall–Kier alpha value is -2.77. The lowest BCUT2D eigenvalue weighted by molar-refractivity contribution is -0.116. The fourth-order valence-electron chi connectivity index (χ4n) is 1.93. The van der Waals surface area contributed by atoms with E-state index in [2.05, 4.69) is 23.7 Å². The molecule has 2 aromatic rings. The minimum absolute atomic E-state index is 0.157. The molecule has 0 unspecified atom stereocenters. The molecule has 0 aliphatic heterocycles. The number of amides is 1. The molecule has 1 aromatic heterocycles. The number of para-hydroxylation sites is 1. The van der Waals surface area contributed by atoms with Crippen LogP contribution in [-0.4, -0.2) is 19.1 Å². The Morgan fingerprint density at radius 1 is 1.25 bits per heavy atom. The van der Waals surface area contributed by atoms with Crippen molar-refractivity contribution in [2.75, 3.05) is 13.2 Å². The number of nitrogens with one attached hydrogen (secondary N) is 1. The van der Waals surface area contributed by atoms with Crippen LogP contribution >= 0.6 is 11.3 Å². The summed E-state index contributed by atoms with van der Waals surface area (Å²) in [5, 5.41) is 4.68. The third-order valence-corrected chi connectivity index (χ3v) is 3.89. The van der Waals surface area contributed by atoms with Crippen LogP contribution in [0.4, 0.5) is 0 Å². The molecule has 0 radical (unpaired) electrons. The third kappa shape index (κ3) is 6.15. The van der Waals surface area contributed by atoms with Gasteiger partial charge in [-0.15, -0.1) is 17.9 Å². The molecule has 1 heterocycles. The number of thiophene rings is 1.